The predicted molar refractivity (Wildman–Crippen MR) is 71.8 cm³/mol. The maximum absolute atomic E-state index is 13.2. The Bertz CT molecular complexity index is 547. The molecule has 2 atom stereocenters. The summed E-state index contributed by atoms with van der Waals surface area (Å²) in [7, 11) is -3.65. The third-order valence-corrected chi connectivity index (χ3v) is 5.91. The molecule has 0 amide bonds. The minimum Gasteiger partial charge on any atom is -0.207 e. The van der Waals surface area contributed by atoms with E-state index in [9.17, 15) is 12.8 Å². The molecule has 6 heteroatoms. The zero-order chi connectivity index (χ0) is 13.3. The van der Waals surface area contributed by atoms with Crippen molar-refractivity contribution in [1.82, 2.24) is 4.72 Å². The van der Waals surface area contributed by atoms with Gasteiger partial charge < -0.3 is 0 Å². The predicted octanol–water partition coefficient (Wildman–Crippen LogP) is 2.73. The molecule has 1 saturated carbocycles. The lowest BCUT2D eigenvalue weighted by atomic mass is 10.2. The first-order valence-electron chi connectivity index (χ1n) is 5.83. The Morgan fingerprint density at radius 1 is 1.39 bits per heavy atom. The van der Waals surface area contributed by atoms with Crippen LogP contribution in [-0.4, -0.2) is 19.3 Å². The number of nitrogens with one attached hydrogen (secondary N) is 1. The van der Waals surface area contributed by atoms with E-state index in [0.29, 0.717) is 5.56 Å². The highest BCUT2D eigenvalue weighted by Gasteiger charge is 2.30. The number of alkyl halides is 1. The molecule has 0 bridgehead atoms. The molecule has 1 aliphatic carbocycles. The SMILES string of the molecule is Cc1ccc(F)cc1S(=O)(=O)NC1CCCC1Br. The number of rotatable bonds is 3. The summed E-state index contributed by atoms with van der Waals surface area (Å²) in [5, 5.41) is 0. The average molecular weight is 336 g/mol. The Balaban J connectivity index is 2.28. The number of hydrogen-bond acceptors (Lipinski definition) is 2. The fourth-order valence-electron chi connectivity index (χ4n) is 2.17. The molecule has 1 fully saturated rings. The standard InChI is InChI=1S/C12H15BrFNO2S/c1-8-5-6-9(14)7-12(8)18(16,17)15-11-4-2-3-10(11)13/h5-7,10-11,15H,2-4H2,1H3. The monoisotopic (exact) mass is 335 g/mol. The molecule has 0 aromatic heterocycles. The van der Waals surface area contributed by atoms with Gasteiger partial charge in [-0.05, 0) is 37.5 Å². The first-order chi connectivity index (χ1) is 8.40. The Labute approximate surface area is 115 Å². The van der Waals surface area contributed by atoms with Gasteiger partial charge in [-0.15, -0.1) is 0 Å². The van der Waals surface area contributed by atoms with Gasteiger partial charge in [0, 0.05) is 10.9 Å². The molecule has 1 aromatic rings. The lowest BCUT2D eigenvalue weighted by Crippen LogP contribution is -2.37. The summed E-state index contributed by atoms with van der Waals surface area (Å²) in [5.74, 6) is -0.539. The van der Waals surface area contributed by atoms with Crippen molar-refractivity contribution < 1.29 is 12.8 Å². The van der Waals surface area contributed by atoms with E-state index in [1.54, 1.807) is 6.92 Å². The summed E-state index contributed by atoms with van der Waals surface area (Å²) >= 11 is 3.46. The number of halogens is 2. The van der Waals surface area contributed by atoms with Crippen molar-refractivity contribution in [3.63, 3.8) is 0 Å². The first-order valence-corrected chi connectivity index (χ1v) is 8.22. The molecular weight excluding hydrogens is 321 g/mol. The van der Waals surface area contributed by atoms with Crippen LogP contribution in [0.1, 0.15) is 24.8 Å². The molecule has 0 heterocycles. The van der Waals surface area contributed by atoms with Crippen molar-refractivity contribution in [2.45, 2.75) is 42.0 Å². The van der Waals surface area contributed by atoms with Crippen LogP contribution in [0, 0.1) is 12.7 Å². The molecular formula is C12H15BrFNO2S. The van der Waals surface area contributed by atoms with Gasteiger partial charge in [0.25, 0.3) is 0 Å². The second-order valence-electron chi connectivity index (χ2n) is 4.58. The van der Waals surface area contributed by atoms with Crippen LogP contribution >= 0.6 is 15.9 Å². The molecule has 2 unspecified atom stereocenters. The molecule has 2 rings (SSSR count). The van der Waals surface area contributed by atoms with Crippen LogP contribution < -0.4 is 4.72 Å². The van der Waals surface area contributed by atoms with Crippen LogP contribution in [0.25, 0.3) is 0 Å². The van der Waals surface area contributed by atoms with E-state index in [1.807, 2.05) is 0 Å². The van der Waals surface area contributed by atoms with Gasteiger partial charge in [0.05, 0.1) is 4.90 Å². The first kappa shape index (κ1) is 14.0. The second-order valence-corrected chi connectivity index (χ2v) is 7.44. The van der Waals surface area contributed by atoms with Crippen LogP contribution in [-0.2, 0) is 10.0 Å². The highest BCUT2D eigenvalue weighted by Crippen LogP contribution is 2.27. The smallest absolute Gasteiger partial charge is 0.207 e. The van der Waals surface area contributed by atoms with Gasteiger partial charge >= 0.3 is 0 Å². The number of benzene rings is 1. The van der Waals surface area contributed by atoms with Crippen LogP contribution in [0.2, 0.25) is 0 Å². The normalized spacial score (nSPS) is 24.4. The van der Waals surface area contributed by atoms with Gasteiger partial charge in [0.2, 0.25) is 10.0 Å². The van der Waals surface area contributed by atoms with Crippen molar-refractivity contribution in [1.29, 1.82) is 0 Å². The quantitative estimate of drug-likeness (QED) is 0.863. The van der Waals surface area contributed by atoms with Crippen LogP contribution in [0.15, 0.2) is 23.1 Å². The molecule has 3 nitrogen and oxygen atoms in total. The fourth-order valence-corrected chi connectivity index (χ4v) is 4.64. The molecule has 100 valence electrons. The van der Waals surface area contributed by atoms with Crippen molar-refractivity contribution in [3.8, 4) is 0 Å². The van der Waals surface area contributed by atoms with Gasteiger partial charge in [-0.1, -0.05) is 28.4 Å². The van der Waals surface area contributed by atoms with Crippen LogP contribution in [0.4, 0.5) is 4.39 Å². The van der Waals surface area contributed by atoms with Gasteiger partial charge in [0.1, 0.15) is 5.82 Å². The van der Waals surface area contributed by atoms with E-state index in [4.69, 9.17) is 0 Å². The highest BCUT2D eigenvalue weighted by molar-refractivity contribution is 9.09. The third-order valence-electron chi connectivity index (χ3n) is 3.18. The lowest BCUT2D eigenvalue weighted by molar-refractivity contribution is 0.553. The Morgan fingerprint density at radius 2 is 2.11 bits per heavy atom. The highest BCUT2D eigenvalue weighted by atomic mass is 79.9. The Hall–Kier alpha value is -0.460. The third kappa shape index (κ3) is 2.92. The van der Waals surface area contributed by atoms with E-state index in [1.165, 1.54) is 12.1 Å². The van der Waals surface area contributed by atoms with Gasteiger partial charge in [0.15, 0.2) is 0 Å². The summed E-state index contributed by atoms with van der Waals surface area (Å²) in [6.07, 6.45) is 2.75. The van der Waals surface area contributed by atoms with Crippen LogP contribution in [0.3, 0.4) is 0 Å². The fraction of sp³-hybridized carbons (Fsp3) is 0.500. The molecule has 0 spiro atoms. The topological polar surface area (TPSA) is 46.2 Å². The van der Waals surface area contributed by atoms with E-state index >= 15 is 0 Å². The molecule has 0 radical (unpaired) electrons. The molecule has 1 aromatic carbocycles. The minimum absolute atomic E-state index is 0.0223. The second kappa shape index (κ2) is 5.27. The number of hydrogen-bond donors (Lipinski definition) is 1. The molecule has 0 aliphatic heterocycles. The van der Waals surface area contributed by atoms with Crippen molar-refractivity contribution in [3.05, 3.63) is 29.6 Å². The van der Waals surface area contributed by atoms with Gasteiger partial charge in [-0.25, -0.2) is 17.5 Å². The maximum atomic E-state index is 13.2. The van der Waals surface area contributed by atoms with Gasteiger partial charge in [-0.3, -0.25) is 0 Å². The summed E-state index contributed by atoms with van der Waals surface area (Å²) < 4.78 is 40.2. The zero-order valence-corrected chi connectivity index (χ0v) is 12.4. The number of sulfonamides is 1. The Morgan fingerprint density at radius 3 is 2.72 bits per heavy atom. The van der Waals surface area contributed by atoms with Crippen LogP contribution in [0.5, 0.6) is 0 Å². The summed E-state index contributed by atoms with van der Waals surface area (Å²) in [5.41, 5.74) is 0.549. The largest absolute Gasteiger partial charge is 0.241 e. The molecule has 1 N–H and O–H groups in total. The van der Waals surface area contributed by atoms with E-state index in [-0.39, 0.29) is 15.8 Å². The van der Waals surface area contributed by atoms with Crippen molar-refractivity contribution in [2.75, 3.05) is 0 Å². The Kier molecular flexibility index (Phi) is 4.08. The van der Waals surface area contributed by atoms with E-state index < -0.39 is 15.8 Å². The summed E-state index contributed by atoms with van der Waals surface area (Å²) in [6.45, 7) is 1.66. The van der Waals surface area contributed by atoms with Crippen molar-refractivity contribution in [2.24, 2.45) is 0 Å². The molecule has 18 heavy (non-hydrogen) atoms. The van der Waals surface area contributed by atoms with E-state index in [0.717, 1.165) is 25.3 Å². The summed E-state index contributed by atoms with van der Waals surface area (Å²) in [6, 6.07) is 3.69. The maximum Gasteiger partial charge on any atom is 0.241 e. The lowest BCUT2D eigenvalue weighted by Gasteiger charge is -2.17. The minimum atomic E-state index is -3.65. The van der Waals surface area contributed by atoms with Crippen molar-refractivity contribution >= 4 is 26.0 Å². The molecule has 1 aliphatic rings. The van der Waals surface area contributed by atoms with Gasteiger partial charge in [-0.2, -0.15) is 0 Å². The van der Waals surface area contributed by atoms with E-state index in [2.05, 4.69) is 20.7 Å². The zero-order valence-electron chi connectivity index (χ0n) is 9.99. The number of aryl methyl sites for hydroxylation is 1. The average Bonchev–Trinajstić information content (AvgIpc) is 2.67. The summed E-state index contributed by atoms with van der Waals surface area (Å²) in [4.78, 5) is 0.176. The molecule has 0 saturated heterocycles.